The number of pyridine rings is 1. The molecule has 94 valence electrons. The van der Waals surface area contributed by atoms with E-state index in [2.05, 4.69) is 4.98 Å². The third-order valence-corrected chi connectivity index (χ3v) is 2.79. The molecule has 0 aliphatic rings. The number of nitrogens with two attached hydrogens (primary N) is 1. The molecule has 0 bridgehead atoms. The van der Waals surface area contributed by atoms with Gasteiger partial charge >= 0.3 is 0 Å². The standard InChI is InChI=1S/C14H16FN3/c1-2-18(10-12-5-3-4-8-17-12)14-9-11(15)6-7-13(14)16/h3-9H,2,10,16H2,1H3. The fourth-order valence-electron chi connectivity index (χ4n) is 1.85. The van der Waals surface area contributed by atoms with Gasteiger partial charge in [0.25, 0.3) is 0 Å². The maximum Gasteiger partial charge on any atom is 0.125 e. The summed E-state index contributed by atoms with van der Waals surface area (Å²) in [7, 11) is 0. The van der Waals surface area contributed by atoms with Crippen LogP contribution in [0.2, 0.25) is 0 Å². The predicted octanol–water partition coefficient (Wildman–Crippen LogP) is 2.83. The number of hydrogen-bond donors (Lipinski definition) is 1. The van der Waals surface area contributed by atoms with Gasteiger partial charge in [-0.15, -0.1) is 0 Å². The van der Waals surface area contributed by atoms with Gasteiger partial charge in [-0.25, -0.2) is 4.39 Å². The minimum atomic E-state index is -0.279. The lowest BCUT2D eigenvalue weighted by Gasteiger charge is -2.24. The SMILES string of the molecule is CCN(Cc1ccccn1)c1cc(F)ccc1N. The Bertz CT molecular complexity index is 514. The number of benzene rings is 1. The average Bonchev–Trinajstić information content (AvgIpc) is 2.40. The molecule has 0 atom stereocenters. The minimum absolute atomic E-state index is 0.279. The molecule has 0 spiro atoms. The Labute approximate surface area is 106 Å². The molecule has 0 fully saturated rings. The van der Waals surface area contributed by atoms with Crippen molar-refractivity contribution >= 4 is 11.4 Å². The van der Waals surface area contributed by atoms with Gasteiger partial charge in [0, 0.05) is 12.7 Å². The van der Waals surface area contributed by atoms with Crippen molar-refractivity contribution in [3.8, 4) is 0 Å². The van der Waals surface area contributed by atoms with Crippen molar-refractivity contribution in [1.82, 2.24) is 4.98 Å². The Balaban J connectivity index is 2.26. The number of aromatic nitrogens is 1. The fraction of sp³-hybridized carbons (Fsp3) is 0.214. The van der Waals surface area contributed by atoms with Crippen LogP contribution in [0.25, 0.3) is 0 Å². The molecule has 3 nitrogen and oxygen atoms in total. The highest BCUT2D eigenvalue weighted by molar-refractivity contribution is 5.67. The van der Waals surface area contributed by atoms with E-state index in [0.29, 0.717) is 17.9 Å². The quantitative estimate of drug-likeness (QED) is 0.842. The second-order valence-corrected chi connectivity index (χ2v) is 4.04. The van der Waals surface area contributed by atoms with E-state index in [9.17, 15) is 4.39 Å². The van der Waals surface area contributed by atoms with Gasteiger partial charge in [-0.3, -0.25) is 4.98 Å². The number of anilines is 2. The van der Waals surface area contributed by atoms with E-state index in [1.807, 2.05) is 30.0 Å². The molecule has 2 aromatic rings. The molecular weight excluding hydrogens is 229 g/mol. The van der Waals surface area contributed by atoms with E-state index in [-0.39, 0.29) is 5.82 Å². The summed E-state index contributed by atoms with van der Waals surface area (Å²) in [5.74, 6) is -0.279. The van der Waals surface area contributed by atoms with Crippen LogP contribution in [0.5, 0.6) is 0 Å². The second kappa shape index (κ2) is 5.49. The molecule has 2 rings (SSSR count). The van der Waals surface area contributed by atoms with Crippen molar-refractivity contribution in [2.45, 2.75) is 13.5 Å². The van der Waals surface area contributed by atoms with Crippen LogP contribution >= 0.6 is 0 Å². The van der Waals surface area contributed by atoms with E-state index in [1.54, 1.807) is 12.3 Å². The summed E-state index contributed by atoms with van der Waals surface area (Å²) in [6, 6.07) is 10.2. The maximum absolute atomic E-state index is 13.3. The highest BCUT2D eigenvalue weighted by atomic mass is 19.1. The first-order valence-corrected chi connectivity index (χ1v) is 5.90. The third kappa shape index (κ3) is 2.77. The monoisotopic (exact) mass is 245 g/mol. The number of nitrogen functional groups attached to an aromatic ring is 1. The number of halogens is 1. The van der Waals surface area contributed by atoms with E-state index in [1.165, 1.54) is 12.1 Å². The zero-order valence-electron chi connectivity index (χ0n) is 10.3. The molecule has 0 saturated heterocycles. The van der Waals surface area contributed by atoms with Crippen LogP contribution in [-0.4, -0.2) is 11.5 Å². The highest BCUT2D eigenvalue weighted by Gasteiger charge is 2.10. The van der Waals surface area contributed by atoms with Gasteiger partial charge in [0.05, 0.1) is 23.6 Å². The lowest BCUT2D eigenvalue weighted by Crippen LogP contribution is -2.23. The Kier molecular flexibility index (Phi) is 3.77. The third-order valence-electron chi connectivity index (χ3n) is 2.79. The van der Waals surface area contributed by atoms with Crippen LogP contribution in [0.1, 0.15) is 12.6 Å². The first-order chi connectivity index (χ1) is 8.70. The van der Waals surface area contributed by atoms with E-state index in [0.717, 1.165) is 12.2 Å². The lowest BCUT2D eigenvalue weighted by atomic mass is 10.2. The van der Waals surface area contributed by atoms with E-state index >= 15 is 0 Å². The van der Waals surface area contributed by atoms with E-state index in [4.69, 9.17) is 5.73 Å². The van der Waals surface area contributed by atoms with Gasteiger partial charge in [0.1, 0.15) is 5.82 Å². The molecule has 0 saturated carbocycles. The lowest BCUT2D eigenvalue weighted by molar-refractivity contribution is 0.626. The highest BCUT2D eigenvalue weighted by Crippen LogP contribution is 2.25. The van der Waals surface area contributed by atoms with Crippen LogP contribution in [-0.2, 0) is 6.54 Å². The summed E-state index contributed by atoms with van der Waals surface area (Å²) < 4.78 is 13.3. The van der Waals surface area contributed by atoms with E-state index < -0.39 is 0 Å². The Morgan fingerprint density at radius 2 is 2.11 bits per heavy atom. The van der Waals surface area contributed by atoms with Crippen LogP contribution in [0.4, 0.5) is 15.8 Å². The first kappa shape index (κ1) is 12.4. The molecule has 18 heavy (non-hydrogen) atoms. The van der Waals surface area contributed by atoms with Crippen LogP contribution in [0.3, 0.4) is 0 Å². The molecule has 1 aromatic heterocycles. The van der Waals surface area contributed by atoms with Gasteiger partial charge in [0.2, 0.25) is 0 Å². The molecule has 0 radical (unpaired) electrons. The van der Waals surface area contributed by atoms with Gasteiger partial charge in [-0.05, 0) is 37.3 Å². The first-order valence-electron chi connectivity index (χ1n) is 5.90. The van der Waals surface area contributed by atoms with Crippen LogP contribution in [0, 0.1) is 5.82 Å². The zero-order chi connectivity index (χ0) is 13.0. The Morgan fingerprint density at radius 1 is 1.28 bits per heavy atom. The summed E-state index contributed by atoms with van der Waals surface area (Å²) in [5.41, 5.74) is 8.11. The largest absolute Gasteiger partial charge is 0.397 e. The van der Waals surface area contributed by atoms with Crippen molar-refractivity contribution < 1.29 is 4.39 Å². The fourth-order valence-corrected chi connectivity index (χ4v) is 1.85. The van der Waals surface area contributed by atoms with Crippen molar-refractivity contribution in [2.24, 2.45) is 0 Å². The molecule has 2 N–H and O–H groups in total. The minimum Gasteiger partial charge on any atom is -0.397 e. The normalized spacial score (nSPS) is 10.3. The molecule has 0 aliphatic heterocycles. The predicted molar refractivity (Wildman–Crippen MR) is 71.8 cm³/mol. The van der Waals surface area contributed by atoms with Crippen molar-refractivity contribution in [3.05, 3.63) is 54.1 Å². The summed E-state index contributed by atoms with van der Waals surface area (Å²) in [4.78, 5) is 6.27. The number of rotatable bonds is 4. The summed E-state index contributed by atoms with van der Waals surface area (Å²) in [5, 5.41) is 0. The van der Waals surface area contributed by atoms with Gasteiger partial charge in [0.15, 0.2) is 0 Å². The maximum atomic E-state index is 13.3. The average molecular weight is 245 g/mol. The van der Waals surface area contributed by atoms with Crippen molar-refractivity contribution in [3.63, 3.8) is 0 Å². The van der Waals surface area contributed by atoms with Crippen molar-refractivity contribution in [1.29, 1.82) is 0 Å². The van der Waals surface area contributed by atoms with Gasteiger partial charge < -0.3 is 10.6 Å². The van der Waals surface area contributed by atoms with Gasteiger partial charge in [-0.2, -0.15) is 0 Å². The smallest absolute Gasteiger partial charge is 0.125 e. The zero-order valence-corrected chi connectivity index (χ0v) is 10.3. The summed E-state index contributed by atoms with van der Waals surface area (Å²) in [6.07, 6.45) is 1.75. The molecule has 0 aliphatic carbocycles. The molecule has 4 heteroatoms. The molecule has 0 unspecified atom stereocenters. The Morgan fingerprint density at radius 3 is 2.78 bits per heavy atom. The molecule has 0 amide bonds. The molecule has 1 aromatic carbocycles. The molecular formula is C14H16FN3. The Hall–Kier alpha value is -2.10. The summed E-state index contributed by atoms with van der Waals surface area (Å²) >= 11 is 0. The van der Waals surface area contributed by atoms with Crippen LogP contribution in [0.15, 0.2) is 42.6 Å². The van der Waals surface area contributed by atoms with Crippen LogP contribution < -0.4 is 10.6 Å². The second-order valence-electron chi connectivity index (χ2n) is 4.04. The summed E-state index contributed by atoms with van der Waals surface area (Å²) in [6.45, 7) is 3.36. The van der Waals surface area contributed by atoms with Gasteiger partial charge in [-0.1, -0.05) is 6.07 Å². The number of hydrogen-bond acceptors (Lipinski definition) is 3. The molecule has 1 heterocycles. The number of nitrogens with zero attached hydrogens (tertiary/aromatic N) is 2. The topological polar surface area (TPSA) is 42.2 Å². The van der Waals surface area contributed by atoms with Crippen molar-refractivity contribution in [2.75, 3.05) is 17.2 Å².